The SMILES string of the molecule is O=S(=O)(O)OO.c1ccc(Nc2ccccc2)cc1. The fourth-order valence-corrected chi connectivity index (χ4v) is 1.21. The molecule has 0 fully saturated rings. The van der Waals surface area contributed by atoms with Crippen LogP contribution in [0.2, 0.25) is 0 Å². The average molecular weight is 283 g/mol. The summed E-state index contributed by atoms with van der Waals surface area (Å²) in [5.74, 6) is 0. The Bertz CT molecular complexity index is 534. The predicted octanol–water partition coefficient (Wildman–Crippen LogP) is 2.71. The second-order valence-corrected chi connectivity index (χ2v) is 4.36. The average Bonchev–Trinajstić information content (AvgIpc) is 2.41. The third-order valence-electron chi connectivity index (χ3n) is 1.93. The molecule has 0 aliphatic rings. The molecule has 0 atom stereocenters. The van der Waals surface area contributed by atoms with Crippen molar-refractivity contribution in [3.05, 3.63) is 60.7 Å². The summed E-state index contributed by atoms with van der Waals surface area (Å²) in [6, 6.07) is 20.3. The molecule has 0 unspecified atom stereocenters. The van der Waals surface area contributed by atoms with E-state index in [4.69, 9.17) is 18.2 Å². The van der Waals surface area contributed by atoms with Gasteiger partial charge in [-0.1, -0.05) is 40.7 Å². The number of hydrogen-bond acceptors (Lipinski definition) is 5. The van der Waals surface area contributed by atoms with Crippen LogP contribution in [0, 0.1) is 0 Å². The van der Waals surface area contributed by atoms with E-state index < -0.39 is 10.4 Å². The van der Waals surface area contributed by atoms with Crippen molar-refractivity contribution >= 4 is 21.8 Å². The third-order valence-corrected chi connectivity index (χ3v) is 2.12. The van der Waals surface area contributed by atoms with Crippen molar-refractivity contribution in [2.75, 3.05) is 5.32 Å². The van der Waals surface area contributed by atoms with Crippen LogP contribution in [0.4, 0.5) is 11.4 Å². The molecule has 0 saturated heterocycles. The smallest absolute Gasteiger partial charge is 0.356 e. The second kappa shape index (κ2) is 7.49. The zero-order chi connectivity index (χ0) is 14.1. The lowest BCUT2D eigenvalue weighted by Gasteiger charge is -2.04. The quantitative estimate of drug-likeness (QED) is 0.455. The minimum absolute atomic E-state index is 1.12. The maximum atomic E-state index is 9.08. The van der Waals surface area contributed by atoms with E-state index in [1.807, 2.05) is 60.7 Å². The molecule has 2 aromatic carbocycles. The van der Waals surface area contributed by atoms with Gasteiger partial charge in [0, 0.05) is 11.4 Å². The summed E-state index contributed by atoms with van der Waals surface area (Å²) < 4.78 is 28.0. The van der Waals surface area contributed by atoms with Crippen LogP contribution in [0.25, 0.3) is 0 Å². The Hall–Kier alpha value is -1.93. The van der Waals surface area contributed by atoms with Gasteiger partial charge in [0.15, 0.2) is 0 Å². The highest BCUT2D eigenvalue weighted by Crippen LogP contribution is 2.14. The first-order valence-corrected chi connectivity index (χ1v) is 6.55. The number of para-hydroxylation sites is 2. The van der Waals surface area contributed by atoms with E-state index in [0.29, 0.717) is 0 Å². The van der Waals surface area contributed by atoms with Gasteiger partial charge in [0.05, 0.1) is 0 Å². The number of rotatable bonds is 3. The molecular formula is C12H13NO5S. The van der Waals surface area contributed by atoms with Gasteiger partial charge < -0.3 is 5.32 Å². The topological polar surface area (TPSA) is 95.9 Å². The van der Waals surface area contributed by atoms with Crippen molar-refractivity contribution < 1.29 is 22.6 Å². The highest BCUT2D eigenvalue weighted by molar-refractivity contribution is 7.80. The first-order valence-electron chi connectivity index (χ1n) is 5.19. The van der Waals surface area contributed by atoms with Crippen molar-refractivity contribution in [1.29, 1.82) is 0 Å². The lowest BCUT2D eigenvalue weighted by atomic mass is 10.3. The van der Waals surface area contributed by atoms with Gasteiger partial charge >= 0.3 is 10.4 Å². The molecule has 6 nitrogen and oxygen atoms in total. The molecule has 0 bridgehead atoms. The van der Waals surface area contributed by atoms with E-state index in [-0.39, 0.29) is 0 Å². The Kier molecular flexibility index (Phi) is 5.97. The fourth-order valence-electron chi connectivity index (χ4n) is 1.21. The number of hydrogen-bond donors (Lipinski definition) is 3. The van der Waals surface area contributed by atoms with Gasteiger partial charge in [-0.2, -0.15) is 8.42 Å². The van der Waals surface area contributed by atoms with Gasteiger partial charge in [-0.15, -0.1) is 0 Å². The molecule has 2 aromatic rings. The van der Waals surface area contributed by atoms with Crippen molar-refractivity contribution in [3.8, 4) is 0 Å². The van der Waals surface area contributed by atoms with Gasteiger partial charge in [0.2, 0.25) is 0 Å². The van der Waals surface area contributed by atoms with E-state index >= 15 is 0 Å². The number of anilines is 2. The normalized spacial score (nSPS) is 10.2. The summed E-state index contributed by atoms with van der Waals surface area (Å²) in [7, 11) is -4.61. The Labute approximate surface area is 111 Å². The van der Waals surface area contributed by atoms with Crippen molar-refractivity contribution in [2.24, 2.45) is 0 Å². The monoisotopic (exact) mass is 283 g/mol. The lowest BCUT2D eigenvalue weighted by molar-refractivity contribution is -0.139. The van der Waals surface area contributed by atoms with E-state index in [0.717, 1.165) is 11.4 Å². The molecule has 0 aliphatic carbocycles. The van der Waals surface area contributed by atoms with Crippen LogP contribution >= 0.6 is 0 Å². The lowest BCUT2D eigenvalue weighted by Crippen LogP contribution is -1.97. The van der Waals surface area contributed by atoms with Gasteiger partial charge in [-0.25, -0.2) is 5.26 Å². The Morgan fingerprint density at radius 1 is 0.842 bits per heavy atom. The summed E-state index contributed by atoms with van der Waals surface area (Å²) in [4.78, 5) is 0. The van der Waals surface area contributed by atoms with Crippen LogP contribution in [0.1, 0.15) is 0 Å². The molecule has 0 radical (unpaired) electrons. The van der Waals surface area contributed by atoms with Crippen LogP contribution in [0.5, 0.6) is 0 Å². The third kappa shape index (κ3) is 7.17. The highest BCUT2D eigenvalue weighted by atomic mass is 32.3. The number of benzene rings is 2. The first kappa shape index (κ1) is 15.1. The van der Waals surface area contributed by atoms with E-state index in [2.05, 4.69) is 9.65 Å². The molecule has 0 aliphatic heterocycles. The molecule has 0 amide bonds. The molecule has 102 valence electrons. The zero-order valence-corrected chi connectivity index (χ0v) is 10.6. The summed E-state index contributed by atoms with van der Waals surface area (Å²) in [6.45, 7) is 0. The minimum Gasteiger partial charge on any atom is -0.356 e. The van der Waals surface area contributed by atoms with Gasteiger partial charge in [-0.05, 0) is 24.3 Å². The fraction of sp³-hybridized carbons (Fsp3) is 0. The van der Waals surface area contributed by atoms with Crippen molar-refractivity contribution in [3.63, 3.8) is 0 Å². The van der Waals surface area contributed by atoms with Crippen LogP contribution in [-0.2, 0) is 14.7 Å². The molecule has 0 heterocycles. The van der Waals surface area contributed by atoms with Crippen LogP contribution in [0.15, 0.2) is 60.7 Å². The van der Waals surface area contributed by atoms with E-state index in [1.54, 1.807) is 0 Å². The van der Waals surface area contributed by atoms with Gasteiger partial charge in [0.25, 0.3) is 0 Å². The summed E-state index contributed by atoms with van der Waals surface area (Å²) >= 11 is 0. The molecule has 0 spiro atoms. The first-order chi connectivity index (χ1) is 9.01. The minimum atomic E-state index is -4.61. The summed E-state index contributed by atoms with van der Waals surface area (Å²) in [6.07, 6.45) is 0. The largest absolute Gasteiger partial charge is 0.423 e. The molecule has 0 saturated carbocycles. The molecule has 3 N–H and O–H groups in total. The van der Waals surface area contributed by atoms with Crippen molar-refractivity contribution in [2.45, 2.75) is 0 Å². The van der Waals surface area contributed by atoms with Gasteiger partial charge in [-0.3, -0.25) is 4.55 Å². The van der Waals surface area contributed by atoms with Crippen LogP contribution in [-0.4, -0.2) is 18.2 Å². The standard InChI is InChI=1S/C12H11N.H2O5S/c1-3-7-11(8-4-1)13-12-9-5-2-6-10-12;1-5-6(2,3)4/h1-10,13H;1H,(H,2,3,4). The Morgan fingerprint density at radius 3 is 1.42 bits per heavy atom. The molecular weight excluding hydrogens is 270 g/mol. The Morgan fingerprint density at radius 2 is 1.16 bits per heavy atom. The summed E-state index contributed by atoms with van der Waals surface area (Å²) in [5.41, 5.74) is 2.24. The molecule has 7 heteroatoms. The second-order valence-electron chi connectivity index (χ2n) is 3.36. The predicted molar refractivity (Wildman–Crippen MR) is 71.4 cm³/mol. The zero-order valence-electron chi connectivity index (χ0n) is 9.80. The Balaban J connectivity index is 0.000000258. The number of nitrogens with one attached hydrogen (secondary N) is 1. The van der Waals surface area contributed by atoms with E-state index in [9.17, 15) is 0 Å². The van der Waals surface area contributed by atoms with E-state index in [1.165, 1.54) is 0 Å². The molecule has 19 heavy (non-hydrogen) atoms. The maximum Gasteiger partial charge on any atom is 0.423 e. The van der Waals surface area contributed by atoms with Crippen molar-refractivity contribution in [1.82, 2.24) is 0 Å². The van der Waals surface area contributed by atoms with Crippen LogP contribution < -0.4 is 5.32 Å². The maximum absolute atomic E-state index is 9.08. The van der Waals surface area contributed by atoms with Gasteiger partial charge in [0.1, 0.15) is 0 Å². The molecule has 2 rings (SSSR count). The highest BCUT2D eigenvalue weighted by Gasteiger charge is 1.97. The molecule has 0 aromatic heterocycles. The van der Waals surface area contributed by atoms with Crippen LogP contribution in [0.3, 0.4) is 0 Å². The summed E-state index contributed by atoms with van der Waals surface area (Å²) in [5, 5.41) is 10.4.